The van der Waals surface area contributed by atoms with E-state index in [0.717, 1.165) is 10.0 Å². The van der Waals surface area contributed by atoms with Crippen molar-refractivity contribution in [2.75, 3.05) is 5.43 Å². The molecule has 0 radical (unpaired) electrons. The Labute approximate surface area is 137 Å². The number of aldehydes is 1. The quantitative estimate of drug-likeness (QED) is 0.382. The van der Waals surface area contributed by atoms with Crippen molar-refractivity contribution in [3.63, 3.8) is 0 Å². The van der Waals surface area contributed by atoms with E-state index in [4.69, 9.17) is 0 Å². The van der Waals surface area contributed by atoms with E-state index >= 15 is 0 Å². The number of sulfone groups is 1. The smallest absolute Gasteiger partial charge is 0.228 e. The van der Waals surface area contributed by atoms with Crippen LogP contribution in [0, 0.1) is 6.92 Å². The summed E-state index contributed by atoms with van der Waals surface area (Å²) in [7, 11) is -3.94. The summed E-state index contributed by atoms with van der Waals surface area (Å²) in [5.74, 6) is 0. The maximum absolute atomic E-state index is 12.3. The summed E-state index contributed by atoms with van der Waals surface area (Å²) in [6, 6.07) is 13.2. The fraction of sp³-hybridized carbons (Fsp3) is 0.0667. The van der Waals surface area contributed by atoms with Crippen LogP contribution in [0.5, 0.6) is 0 Å². The lowest BCUT2D eigenvalue weighted by Gasteiger charge is -2.05. The van der Waals surface area contributed by atoms with Gasteiger partial charge in [-0.25, -0.2) is 8.42 Å². The van der Waals surface area contributed by atoms with E-state index in [1.165, 1.54) is 12.1 Å². The first-order valence-electron chi connectivity index (χ1n) is 6.29. The molecule has 0 amide bonds. The lowest BCUT2D eigenvalue weighted by atomic mass is 10.2. The van der Waals surface area contributed by atoms with Gasteiger partial charge < -0.3 is 0 Å². The average Bonchev–Trinajstić information content (AvgIpc) is 2.50. The standard InChI is InChI=1S/C15H13BrN2O3S/c1-11-2-8-14(9-3-11)22(20,21)15(10-19)18-17-13-6-4-12(16)5-7-13/h2-10,17H,1H3/b18-15+. The van der Waals surface area contributed by atoms with Crippen LogP contribution in [0.2, 0.25) is 0 Å². The third kappa shape index (κ3) is 3.80. The molecule has 0 bridgehead atoms. The van der Waals surface area contributed by atoms with Crippen LogP contribution in [0.25, 0.3) is 0 Å². The first-order chi connectivity index (χ1) is 10.4. The highest BCUT2D eigenvalue weighted by Gasteiger charge is 2.22. The predicted molar refractivity (Wildman–Crippen MR) is 89.6 cm³/mol. The number of carbonyl (C=O) groups excluding carboxylic acids is 1. The molecule has 114 valence electrons. The molecule has 22 heavy (non-hydrogen) atoms. The molecule has 0 unspecified atom stereocenters. The van der Waals surface area contributed by atoms with Crippen molar-refractivity contribution in [2.45, 2.75) is 11.8 Å². The Kier molecular flexibility index (Phi) is 5.10. The van der Waals surface area contributed by atoms with E-state index in [1.54, 1.807) is 36.4 Å². The minimum absolute atomic E-state index is 0.0292. The van der Waals surface area contributed by atoms with Gasteiger partial charge in [0.25, 0.3) is 0 Å². The van der Waals surface area contributed by atoms with Gasteiger partial charge in [-0.15, -0.1) is 0 Å². The van der Waals surface area contributed by atoms with Crippen LogP contribution in [-0.2, 0) is 14.6 Å². The molecule has 0 spiro atoms. The molecule has 0 fully saturated rings. The highest BCUT2D eigenvalue weighted by Crippen LogP contribution is 2.16. The second kappa shape index (κ2) is 6.85. The van der Waals surface area contributed by atoms with Crippen molar-refractivity contribution in [1.29, 1.82) is 0 Å². The molecule has 0 aliphatic heterocycles. The van der Waals surface area contributed by atoms with Crippen molar-refractivity contribution in [2.24, 2.45) is 5.10 Å². The molecule has 0 aliphatic rings. The molecule has 2 rings (SSSR count). The summed E-state index contributed by atoms with van der Waals surface area (Å²) in [6.07, 6.45) is 0.223. The van der Waals surface area contributed by atoms with E-state index in [0.29, 0.717) is 5.69 Å². The molecule has 0 atom stereocenters. The number of hydrogen-bond acceptors (Lipinski definition) is 5. The molecular weight excluding hydrogens is 368 g/mol. The van der Waals surface area contributed by atoms with Gasteiger partial charge in [0.1, 0.15) is 0 Å². The number of benzene rings is 2. The highest BCUT2D eigenvalue weighted by atomic mass is 79.9. The molecule has 2 aromatic rings. The minimum atomic E-state index is -3.94. The molecule has 0 aliphatic carbocycles. The number of nitrogens with one attached hydrogen (secondary N) is 1. The van der Waals surface area contributed by atoms with Crippen LogP contribution >= 0.6 is 15.9 Å². The van der Waals surface area contributed by atoms with Gasteiger partial charge in [-0.3, -0.25) is 10.2 Å². The van der Waals surface area contributed by atoms with Gasteiger partial charge >= 0.3 is 0 Å². The number of hydrazone groups is 1. The number of nitrogens with zero attached hydrogens (tertiary/aromatic N) is 1. The van der Waals surface area contributed by atoms with Crippen molar-refractivity contribution in [3.05, 3.63) is 58.6 Å². The number of halogens is 1. The topological polar surface area (TPSA) is 75.6 Å². The largest absolute Gasteiger partial charge is 0.295 e. The zero-order valence-electron chi connectivity index (χ0n) is 11.7. The third-order valence-electron chi connectivity index (χ3n) is 2.85. The van der Waals surface area contributed by atoms with E-state index in [-0.39, 0.29) is 11.2 Å². The van der Waals surface area contributed by atoms with Crippen LogP contribution in [-0.4, -0.2) is 19.7 Å². The number of anilines is 1. The van der Waals surface area contributed by atoms with E-state index < -0.39 is 14.9 Å². The first kappa shape index (κ1) is 16.4. The van der Waals surface area contributed by atoms with Crippen LogP contribution in [0.3, 0.4) is 0 Å². The first-order valence-corrected chi connectivity index (χ1v) is 8.57. The van der Waals surface area contributed by atoms with Crippen molar-refractivity contribution in [3.8, 4) is 0 Å². The number of carbonyl (C=O) groups is 1. The Bertz CT molecular complexity index is 798. The number of hydrogen-bond donors (Lipinski definition) is 1. The fourth-order valence-electron chi connectivity index (χ4n) is 1.63. The Morgan fingerprint density at radius 1 is 1.09 bits per heavy atom. The number of aryl methyl sites for hydroxylation is 1. The SMILES string of the molecule is Cc1ccc(S(=O)(=O)/C(C=O)=N/Nc2ccc(Br)cc2)cc1. The second-order valence-corrected chi connectivity index (χ2v) is 7.32. The van der Waals surface area contributed by atoms with Crippen LogP contribution < -0.4 is 5.43 Å². The van der Waals surface area contributed by atoms with Gasteiger partial charge in [0.15, 0.2) is 6.29 Å². The monoisotopic (exact) mass is 380 g/mol. The molecule has 5 nitrogen and oxygen atoms in total. The lowest BCUT2D eigenvalue weighted by molar-refractivity contribution is -0.102. The minimum Gasteiger partial charge on any atom is -0.295 e. The lowest BCUT2D eigenvalue weighted by Crippen LogP contribution is -2.18. The summed E-state index contributed by atoms with van der Waals surface area (Å²) in [4.78, 5) is 11.1. The zero-order chi connectivity index (χ0) is 16.2. The summed E-state index contributed by atoms with van der Waals surface area (Å²) in [6.45, 7) is 1.85. The molecule has 1 N–H and O–H groups in total. The summed E-state index contributed by atoms with van der Waals surface area (Å²) < 4.78 is 25.6. The highest BCUT2D eigenvalue weighted by molar-refractivity contribution is 9.10. The van der Waals surface area contributed by atoms with E-state index in [1.807, 2.05) is 6.92 Å². The van der Waals surface area contributed by atoms with Gasteiger partial charge in [-0.1, -0.05) is 33.6 Å². The van der Waals surface area contributed by atoms with Crippen molar-refractivity contribution >= 4 is 42.8 Å². The average molecular weight is 381 g/mol. The molecular formula is C15H13BrN2O3S. The molecule has 0 saturated carbocycles. The molecule has 0 aromatic heterocycles. The predicted octanol–water partition coefficient (Wildman–Crippen LogP) is 3.16. The van der Waals surface area contributed by atoms with Gasteiger partial charge in [0.05, 0.1) is 10.6 Å². The van der Waals surface area contributed by atoms with Gasteiger partial charge in [0.2, 0.25) is 14.9 Å². The Morgan fingerprint density at radius 3 is 2.23 bits per heavy atom. The van der Waals surface area contributed by atoms with Gasteiger partial charge in [0, 0.05) is 4.47 Å². The maximum Gasteiger partial charge on any atom is 0.228 e. The fourth-order valence-corrected chi connectivity index (χ4v) is 2.92. The molecule has 0 heterocycles. The second-order valence-electron chi connectivity index (χ2n) is 4.50. The third-order valence-corrected chi connectivity index (χ3v) is 5.01. The zero-order valence-corrected chi connectivity index (χ0v) is 14.1. The Hall–Kier alpha value is -1.99. The van der Waals surface area contributed by atoms with Crippen molar-refractivity contribution in [1.82, 2.24) is 0 Å². The van der Waals surface area contributed by atoms with E-state index in [2.05, 4.69) is 26.5 Å². The summed E-state index contributed by atoms with van der Waals surface area (Å²) in [5.41, 5.74) is 4.07. The van der Waals surface area contributed by atoms with Crippen LogP contribution in [0.15, 0.2) is 63.0 Å². The van der Waals surface area contributed by atoms with Crippen LogP contribution in [0.4, 0.5) is 5.69 Å². The van der Waals surface area contributed by atoms with E-state index in [9.17, 15) is 13.2 Å². The molecule has 2 aromatic carbocycles. The molecule has 0 saturated heterocycles. The van der Waals surface area contributed by atoms with Crippen molar-refractivity contribution < 1.29 is 13.2 Å². The summed E-state index contributed by atoms with van der Waals surface area (Å²) >= 11 is 3.29. The van der Waals surface area contributed by atoms with Crippen LogP contribution in [0.1, 0.15) is 5.56 Å². The normalized spacial score (nSPS) is 12.0. The Morgan fingerprint density at radius 2 is 1.68 bits per heavy atom. The summed E-state index contributed by atoms with van der Waals surface area (Å²) in [5, 5.41) is 3.14. The van der Waals surface area contributed by atoms with Gasteiger partial charge in [-0.2, -0.15) is 5.10 Å². The maximum atomic E-state index is 12.3. The van der Waals surface area contributed by atoms with Gasteiger partial charge in [-0.05, 0) is 43.3 Å². The Balaban J connectivity index is 2.29. The number of rotatable bonds is 4. The molecule has 7 heteroatoms.